The molecule has 5 aliphatic rings. The Morgan fingerprint density at radius 2 is 1.61 bits per heavy atom. The van der Waals surface area contributed by atoms with Gasteiger partial charge >= 0.3 is 11.9 Å². The summed E-state index contributed by atoms with van der Waals surface area (Å²) in [6.07, 6.45) is 13.4. The number of hydrogen-bond acceptors (Lipinski definition) is 9. The number of carbonyl (C=O) groups is 2. The smallest absolute Gasteiger partial charge is 0.339 e. The van der Waals surface area contributed by atoms with Crippen LogP contribution in [0.15, 0.2) is 48.6 Å². The van der Waals surface area contributed by atoms with E-state index in [4.69, 9.17) is 23.7 Å². The van der Waals surface area contributed by atoms with Crippen molar-refractivity contribution in [2.75, 3.05) is 24.7 Å². The van der Waals surface area contributed by atoms with E-state index in [2.05, 4.69) is 12.7 Å². The van der Waals surface area contributed by atoms with Crippen molar-refractivity contribution in [2.24, 2.45) is 0 Å². The maximum absolute atomic E-state index is 12.9. The third kappa shape index (κ3) is 6.16. The maximum atomic E-state index is 12.9. The number of fused-ring (bicyclic) bond motifs is 3. The van der Waals surface area contributed by atoms with Gasteiger partial charge in [-0.15, -0.1) is 23.5 Å². The van der Waals surface area contributed by atoms with Crippen molar-refractivity contribution in [1.29, 1.82) is 0 Å². The lowest BCUT2D eigenvalue weighted by atomic mass is 9.93. The Morgan fingerprint density at radius 3 is 2.39 bits per heavy atom. The first kappa shape index (κ1) is 29.3. The van der Waals surface area contributed by atoms with Gasteiger partial charge in [0.15, 0.2) is 11.6 Å². The van der Waals surface area contributed by atoms with Crippen LogP contribution < -0.4 is 0 Å². The molecule has 1 aromatic rings. The molecule has 0 N–H and O–H groups in total. The van der Waals surface area contributed by atoms with E-state index in [1.165, 1.54) is 6.42 Å². The number of benzene rings is 1. The predicted octanol–water partition coefficient (Wildman–Crippen LogP) is 6.81. The zero-order valence-corrected chi connectivity index (χ0v) is 25.2. The van der Waals surface area contributed by atoms with E-state index < -0.39 is 23.5 Å². The fraction of sp³-hybridized carbons (Fsp3) is 0.625. The molecule has 5 aliphatic heterocycles. The van der Waals surface area contributed by atoms with E-state index in [-0.39, 0.29) is 40.6 Å². The summed E-state index contributed by atoms with van der Waals surface area (Å²) in [4.78, 5) is 25.7. The number of ether oxygens (including phenoxy) is 5. The zero-order valence-electron chi connectivity index (χ0n) is 23.6. The van der Waals surface area contributed by atoms with Crippen LogP contribution in [0.5, 0.6) is 0 Å². The Labute approximate surface area is 251 Å². The fourth-order valence-electron chi connectivity index (χ4n) is 6.69. The molecule has 7 nitrogen and oxygen atoms in total. The van der Waals surface area contributed by atoms with Gasteiger partial charge in [0.05, 0.1) is 36.5 Å². The molecule has 3 spiro atoms. The monoisotopic (exact) mass is 600 g/mol. The van der Waals surface area contributed by atoms with Crippen molar-refractivity contribution in [1.82, 2.24) is 0 Å². The molecule has 0 radical (unpaired) electrons. The maximum Gasteiger partial charge on any atom is 0.339 e. The van der Waals surface area contributed by atoms with Gasteiger partial charge < -0.3 is 23.7 Å². The van der Waals surface area contributed by atoms with E-state index in [1.807, 2.05) is 29.6 Å². The van der Waals surface area contributed by atoms with Gasteiger partial charge in [0.1, 0.15) is 4.08 Å². The Balaban J connectivity index is 1.24. The summed E-state index contributed by atoms with van der Waals surface area (Å²) < 4.78 is 31.7. The van der Waals surface area contributed by atoms with Crippen molar-refractivity contribution < 1.29 is 33.3 Å². The van der Waals surface area contributed by atoms with E-state index in [0.29, 0.717) is 19.3 Å². The molecular weight excluding hydrogens is 560 g/mol. The van der Waals surface area contributed by atoms with Crippen molar-refractivity contribution >= 4 is 35.5 Å². The summed E-state index contributed by atoms with van der Waals surface area (Å²) in [5, 5.41) is 0. The van der Waals surface area contributed by atoms with Crippen molar-refractivity contribution in [3.8, 4) is 0 Å². The molecule has 222 valence electrons. The second kappa shape index (κ2) is 12.4. The minimum Gasteiger partial charge on any atom is -0.462 e. The lowest BCUT2D eigenvalue weighted by molar-refractivity contribution is -0.356. The molecule has 0 aliphatic carbocycles. The first-order valence-electron chi connectivity index (χ1n) is 15.0. The minimum atomic E-state index is -0.694. The average Bonchev–Trinajstić information content (AvgIpc) is 3.32. The Hall–Kier alpha value is -1.78. The fourth-order valence-corrected chi connectivity index (χ4v) is 10.3. The van der Waals surface area contributed by atoms with Gasteiger partial charge in [-0.2, -0.15) is 0 Å². The highest BCUT2D eigenvalue weighted by Crippen LogP contribution is 2.63. The first-order valence-corrected chi connectivity index (χ1v) is 17.0. The highest BCUT2D eigenvalue weighted by atomic mass is 32.2. The molecule has 0 saturated carbocycles. The Morgan fingerprint density at radius 1 is 0.854 bits per heavy atom. The van der Waals surface area contributed by atoms with Gasteiger partial charge in [-0.1, -0.05) is 36.4 Å². The van der Waals surface area contributed by atoms with Crippen LogP contribution in [0.25, 0.3) is 0 Å². The highest BCUT2D eigenvalue weighted by Gasteiger charge is 2.66. The number of thioether (sulfide) groups is 2. The largest absolute Gasteiger partial charge is 0.462 e. The number of rotatable bonds is 0. The molecule has 41 heavy (non-hydrogen) atoms. The van der Waals surface area contributed by atoms with Crippen LogP contribution in [0.2, 0.25) is 0 Å². The van der Waals surface area contributed by atoms with Crippen LogP contribution >= 0.6 is 23.5 Å². The number of esters is 2. The van der Waals surface area contributed by atoms with E-state index in [0.717, 1.165) is 62.0 Å². The number of hydrogen-bond donors (Lipinski definition) is 0. The van der Waals surface area contributed by atoms with Gasteiger partial charge in [-0.05, 0) is 68.6 Å². The molecule has 4 bridgehead atoms. The number of carbonyl (C=O) groups excluding carboxylic acids is 2. The molecule has 5 heterocycles. The van der Waals surface area contributed by atoms with Gasteiger partial charge in [0.25, 0.3) is 0 Å². The van der Waals surface area contributed by atoms with E-state index in [1.54, 1.807) is 24.3 Å². The third-order valence-corrected chi connectivity index (χ3v) is 12.4. The summed E-state index contributed by atoms with van der Waals surface area (Å²) in [5.41, 5.74) is 1.40. The molecule has 4 saturated heterocycles. The predicted molar refractivity (Wildman–Crippen MR) is 160 cm³/mol. The second-order valence-corrected chi connectivity index (χ2v) is 14.7. The Bertz CT molecular complexity index is 1180. The third-order valence-electron chi connectivity index (χ3n) is 8.73. The summed E-state index contributed by atoms with van der Waals surface area (Å²) >= 11 is 4.03. The summed E-state index contributed by atoms with van der Waals surface area (Å²) in [7, 11) is 0. The molecule has 0 unspecified atom stereocenters. The summed E-state index contributed by atoms with van der Waals surface area (Å²) in [6, 6.07) is 6.63. The van der Waals surface area contributed by atoms with Crippen molar-refractivity contribution in [3.63, 3.8) is 0 Å². The molecular formula is C32H40O7S2. The lowest BCUT2D eigenvalue weighted by Gasteiger charge is -2.54. The minimum absolute atomic E-state index is 0.00834. The van der Waals surface area contributed by atoms with Crippen LogP contribution in [0.4, 0.5) is 0 Å². The molecule has 6 rings (SSSR count). The van der Waals surface area contributed by atoms with Crippen molar-refractivity contribution in [3.05, 3.63) is 59.7 Å². The lowest BCUT2D eigenvalue weighted by Crippen LogP contribution is -2.59. The quantitative estimate of drug-likeness (QED) is 0.236. The van der Waals surface area contributed by atoms with Gasteiger partial charge in [-0.3, -0.25) is 0 Å². The average molecular weight is 601 g/mol. The molecule has 1 aromatic carbocycles. The first-order chi connectivity index (χ1) is 19.9. The second-order valence-electron chi connectivity index (χ2n) is 11.6. The van der Waals surface area contributed by atoms with E-state index in [9.17, 15) is 9.59 Å². The topological polar surface area (TPSA) is 80.3 Å². The highest BCUT2D eigenvalue weighted by molar-refractivity contribution is 8.18. The molecule has 4 atom stereocenters. The van der Waals surface area contributed by atoms with Crippen LogP contribution in [0.3, 0.4) is 0 Å². The number of cyclic esters (lactones) is 2. The van der Waals surface area contributed by atoms with Gasteiger partial charge in [-0.25, -0.2) is 9.59 Å². The molecule has 4 fully saturated rings. The van der Waals surface area contributed by atoms with Crippen LogP contribution in [0.1, 0.15) is 91.3 Å². The SMILES string of the molecule is C=C1CCOC(=O)c2ccccc2C(=O)OCC/C=C/[C@H]2CCC[C@@]3(CC[C@@]4(O[C@@H](CCC45SCCCS5)C1)O3)O2. The van der Waals surface area contributed by atoms with E-state index >= 15 is 0 Å². The normalized spacial score (nSPS) is 35.5. The zero-order chi connectivity index (χ0) is 28.3. The summed E-state index contributed by atoms with van der Waals surface area (Å²) in [6.45, 7) is 4.69. The standard InChI is InChI=1S/C32H40O7S2/c1-23-13-19-36-29(34)27-11-3-2-10-26(27)28(33)35-18-5-4-8-24-9-6-14-30(37-24)16-17-31(39-30)32(40-20-7-21-41-32)15-12-25(22-23)38-31/h2-4,8,10-11,24-25H,1,5-7,9,12-22H2/b8-4+/t24-,25-,30+,31+/m0/s1. The molecule has 9 heteroatoms. The van der Waals surface area contributed by atoms with Gasteiger partial charge in [0, 0.05) is 25.7 Å². The molecule has 0 amide bonds. The van der Waals surface area contributed by atoms with Crippen LogP contribution in [-0.2, 0) is 23.7 Å². The van der Waals surface area contributed by atoms with Crippen LogP contribution in [-0.4, -0.2) is 64.5 Å². The Kier molecular flexibility index (Phi) is 8.90. The van der Waals surface area contributed by atoms with Crippen LogP contribution in [0, 0.1) is 0 Å². The van der Waals surface area contributed by atoms with Gasteiger partial charge in [0.2, 0.25) is 0 Å². The van der Waals surface area contributed by atoms with Crippen molar-refractivity contribution in [2.45, 2.75) is 98.5 Å². The molecule has 0 aromatic heterocycles. The summed E-state index contributed by atoms with van der Waals surface area (Å²) in [5.74, 6) is -0.155.